The average Bonchev–Trinajstić information content (AvgIpc) is 2.75. The quantitative estimate of drug-likeness (QED) is 0.397. The number of carboxylic acids is 1. The first-order chi connectivity index (χ1) is 15.6. The topological polar surface area (TPSA) is 77.8 Å². The molecular weight excluding hydrogens is 424 g/mol. The van der Waals surface area contributed by atoms with Crippen molar-refractivity contribution >= 4 is 5.97 Å². The van der Waals surface area contributed by atoms with E-state index in [0.717, 1.165) is 50.5 Å². The van der Waals surface area contributed by atoms with Crippen LogP contribution in [0.5, 0.6) is 0 Å². The van der Waals surface area contributed by atoms with E-state index in [4.69, 9.17) is 0 Å². The molecular formula is C30H48O4. The Morgan fingerprint density at radius 3 is 2.24 bits per heavy atom. The molecule has 0 bridgehead atoms. The second kappa shape index (κ2) is 7.12. The number of hydrogen-bond acceptors (Lipinski definition) is 3. The van der Waals surface area contributed by atoms with Crippen molar-refractivity contribution < 1.29 is 20.1 Å². The molecule has 0 saturated heterocycles. The molecule has 4 saturated carbocycles. The third kappa shape index (κ3) is 2.56. The molecule has 0 aromatic rings. The van der Waals surface area contributed by atoms with Gasteiger partial charge >= 0.3 is 5.97 Å². The molecule has 5 rings (SSSR count). The summed E-state index contributed by atoms with van der Waals surface area (Å²) in [4.78, 5) is 12.8. The van der Waals surface area contributed by atoms with Crippen LogP contribution in [-0.4, -0.2) is 33.0 Å². The molecule has 0 aliphatic heterocycles. The van der Waals surface area contributed by atoms with Crippen LogP contribution in [0.1, 0.15) is 106 Å². The molecule has 0 unspecified atom stereocenters. The fraction of sp³-hybridized carbons (Fsp3) is 0.900. The standard InChI is InChI=1S/C30H48O4/c1-18-10-15-29(24(32)33)17-16-28(7)22(30(29,34)19(18)2)9-8-21-26(5)13-12-23(31)25(3,4)20(26)11-14-27(21,28)6/h9,18-21,23,31,34H,8,10-17H2,1-7H3,(H,32,33)/t18-,19+,20+,21-,23+,26+,27-,28-,29-,30-/m1/s1. The van der Waals surface area contributed by atoms with Crippen molar-refractivity contribution in [2.75, 3.05) is 0 Å². The van der Waals surface area contributed by atoms with E-state index in [-0.39, 0.29) is 33.7 Å². The van der Waals surface area contributed by atoms with Gasteiger partial charge in [-0.1, -0.05) is 54.5 Å². The lowest BCUT2D eigenvalue weighted by molar-refractivity contribution is -0.232. The summed E-state index contributed by atoms with van der Waals surface area (Å²) in [5, 5.41) is 34.1. The Balaban J connectivity index is 1.66. The molecule has 5 aliphatic carbocycles. The summed E-state index contributed by atoms with van der Waals surface area (Å²) in [5.74, 6) is 0.400. The van der Waals surface area contributed by atoms with Crippen LogP contribution < -0.4 is 0 Å². The zero-order valence-corrected chi connectivity index (χ0v) is 22.6. The second-order valence-electron chi connectivity index (χ2n) is 14.6. The van der Waals surface area contributed by atoms with Crippen molar-refractivity contribution in [1.82, 2.24) is 0 Å². The number of fused-ring (bicyclic) bond motifs is 7. The van der Waals surface area contributed by atoms with Gasteiger partial charge in [-0.25, -0.2) is 0 Å². The van der Waals surface area contributed by atoms with Gasteiger partial charge in [0.25, 0.3) is 0 Å². The van der Waals surface area contributed by atoms with Crippen LogP contribution in [0.4, 0.5) is 0 Å². The maximum atomic E-state index is 12.8. The number of carboxylic acid groups (broad SMARTS) is 1. The Bertz CT molecular complexity index is 923. The molecule has 0 aromatic carbocycles. The SMILES string of the molecule is C[C@@H]1CC[C@]2(C(=O)O)CC[C@]3(C)C(=CC[C@@H]4[C@@]5(C)CC[C@H](O)C(C)(C)[C@@H]5CC[C@]43C)[C@]2(O)[C@H]1C. The van der Waals surface area contributed by atoms with Crippen molar-refractivity contribution in [3.63, 3.8) is 0 Å². The van der Waals surface area contributed by atoms with Crippen molar-refractivity contribution in [1.29, 1.82) is 0 Å². The van der Waals surface area contributed by atoms with Gasteiger partial charge in [-0.15, -0.1) is 0 Å². The van der Waals surface area contributed by atoms with Crippen LogP contribution in [0.25, 0.3) is 0 Å². The van der Waals surface area contributed by atoms with E-state index in [1.807, 2.05) is 0 Å². The van der Waals surface area contributed by atoms with Gasteiger partial charge in [0.15, 0.2) is 0 Å². The van der Waals surface area contributed by atoms with Gasteiger partial charge in [0.2, 0.25) is 0 Å². The number of aliphatic hydroxyl groups is 2. The summed E-state index contributed by atoms with van der Waals surface area (Å²) >= 11 is 0. The van der Waals surface area contributed by atoms with Crippen molar-refractivity contribution in [2.45, 2.75) is 118 Å². The van der Waals surface area contributed by atoms with E-state index in [1.54, 1.807) is 0 Å². The predicted molar refractivity (Wildman–Crippen MR) is 134 cm³/mol. The Labute approximate surface area is 206 Å². The highest BCUT2D eigenvalue weighted by Gasteiger charge is 2.74. The summed E-state index contributed by atoms with van der Waals surface area (Å²) in [6, 6.07) is 0. The summed E-state index contributed by atoms with van der Waals surface area (Å²) in [5.41, 5.74) is -1.41. The summed E-state index contributed by atoms with van der Waals surface area (Å²) < 4.78 is 0. The molecule has 4 fully saturated rings. The lowest BCUT2D eigenvalue weighted by Crippen LogP contribution is -2.71. The molecule has 4 heteroatoms. The van der Waals surface area contributed by atoms with Crippen LogP contribution in [0, 0.1) is 50.7 Å². The van der Waals surface area contributed by atoms with Gasteiger partial charge in [0, 0.05) is 0 Å². The monoisotopic (exact) mass is 472 g/mol. The van der Waals surface area contributed by atoms with Crippen molar-refractivity contribution in [3.8, 4) is 0 Å². The molecule has 5 aliphatic rings. The van der Waals surface area contributed by atoms with E-state index < -0.39 is 17.0 Å². The van der Waals surface area contributed by atoms with Crippen LogP contribution in [0.2, 0.25) is 0 Å². The van der Waals surface area contributed by atoms with E-state index >= 15 is 0 Å². The van der Waals surface area contributed by atoms with E-state index in [0.29, 0.717) is 30.6 Å². The predicted octanol–water partition coefficient (Wildman–Crippen LogP) is 6.20. The second-order valence-corrected chi connectivity index (χ2v) is 14.6. The Kier molecular flexibility index (Phi) is 5.20. The zero-order valence-electron chi connectivity index (χ0n) is 22.6. The third-order valence-electron chi connectivity index (χ3n) is 13.6. The Morgan fingerprint density at radius 2 is 1.59 bits per heavy atom. The molecule has 4 nitrogen and oxygen atoms in total. The Hall–Kier alpha value is -0.870. The molecule has 0 aromatic heterocycles. The number of allylic oxidation sites excluding steroid dienone is 1. The molecule has 0 spiro atoms. The molecule has 0 radical (unpaired) electrons. The van der Waals surface area contributed by atoms with Gasteiger partial charge < -0.3 is 15.3 Å². The lowest BCUT2D eigenvalue weighted by atomic mass is 9.32. The molecule has 34 heavy (non-hydrogen) atoms. The number of hydrogen-bond donors (Lipinski definition) is 3. The maximum Gasteiger partial charge on any atom is 0.312 e. The third-order valence-corrected chi connectivity index (χ3v) is 13.6. The van der Waals surface area contributed by atoms with Gasteiger partial charge in [-0.3, -0.25) is 4.79 Å². The highest BCUT2D eigenvalue weighted by atomic mass is 16.4. The minimum atomic E-state index is -1.28. The maximum absolute atomic E-state index is 12.8. The fourth-order valence-electron chi connectivity index (χ4n) is 10.9. The minimum Gasteiger partial charge on any atom is -0.481 e. The summed E-state index contributed by atoms with van der Waals surface area (Å²) in [6.45, 7) is 16.2. The first-order valence-corrected chi connectivity index (χ1v) is 14.0. The molecule has 10 atom stereocenters. The normalized spacial score (nSPS) is 56.3. The lowest BCUT2D eigenvalue weighted by Gasteiger charge is -2.72. The number of aliphatic carboxylic acids is 1. The molecule has 0 heterocycles. The zero-order chi connectivity index (χ0) is 25.1. The largest absolute Gasteiger partial charge is 0.481 e. The van der Waals surface area contributed by atoms with Gasteiger partial charge in [-0.05, 0) is 109 Å². The van der Waals surface area contributed by atoms with Gasteiger partial charge in [-0.2, -0.15) is 0 Å². The van der Waals surface area contributed by atoms with Gasteiger partial charge in [0.05, 0.1) is 6.10 Å². The number of aliphatic hydroxyl groups excluding tert-OH is 1. The first kappa shape index (κ1) is 24.8. The number of rotatable bonds is 1. The average molecular weight is 473 g/mol. The Morgan fingerprint density at radius 1 is 0.912 bits per heavy atom. The minimum absolute atomic E-state index is 0.0154. The van der Waals surface area contributed by atoms with Crippen molar-refractivity contribution in [2.24, 2.45) is 50.7 Å². The van der Waals surface area contributed by atoms with Gasteiger partial charge in [0.1, 0.15) is 11.0 Å². The highest BCUT2D eigenvalue weighted by Crippen LogP contribution is 2.76. The van der Waals surface area contributed by atoms with E-state index in [9.17, 15) is 20.1 Å². The van der Waals surface area contributed by atoms with E-state index in [1.165, 1.54) is 0 Å². The molecule has 192 valence electrons. The fourth-order valence-corrected chi connectivity index (χ4v) is 10.9. The molecule has 3 N–H and O–H groups in total. The van der Waals surface area contributed by atoms with Crippen LogP contribution >= 0.6 is 0 Å². The highest BCUT2D eigenvalue weighted by molar-refractivity contribution is 5.78. The smallest absolute Gasteiger partial charge is 0.312 e. The van der Waals surface area contributed by atoms with Crippen LogP contribution in [0.15, 0.2) is 11.6 Å². The van der Waals surface area contributed by atoms with Crippen LogP contribution in [-0.2, 0) is 4.79 Å². The van der Waals surface area contributed by atoms with E-state index in [2.05, 4.69) is 54.5 Å². The van der Waals surface area contributed by atoms with Crippen molar-refractivity contribution in [3.05, 3.63) is 11.6 Å². The van der Waals surface area contributed by atoms with Crippen LogP contribution in [0.3, 0.4) is 0 Å². The summed E-state index contributed by atoms with van der Waals surface area (Å²) in [7, 11) is 0. The first-order valence-electron chi connectivity index (χ1n) is 14.0. The number of carbonyl (C=O) groups is 1. The molecule has 0 amide bonds. The summed E-state index contributed by atoms with van der Waals surface area (Å²) in [6.07, 6.45) is 9.96.